The molecule has 46 valence electrons. The molecule has 0 saturated heterocycles. The Hall–Kier alpha value is -0.630. The van der Waals surface area contributed by atoms with E-state index in [1.807, 2.05) is 6.92 Å². The normalized spacial score (nSPS) is 14.2. The van der Waals surface area contributed by atoms with E-state index in [4.69, 9.17) is 5.11 Å². The van der Waals surface area contributed by atoms with Crippen molar-refractivity contribution in [3.63, 3.8) is 0 Å². The summed E-state index contributed by atoms with van der Waals surface area (Å²) in [6.07, 6.45) is 3.62. The molecule has 2 nitrogen and oxygen atoms in total. The van der Waals surface area contributed by atoms with Crippen LogP contribution in [-0.4, -0.2) is 17.5 Å². The van der Waals surface area contributed by atoms with Crippen LogP contribution >= 0.6 is 0 Å². The Morgan fingerprint density at radius 3 is 2.75 bits per heavy atom. The van der Waals surface area contributed by atoms with Crippen LogP contribution in [0.15, 0.2) is 12.2 Å². The summed E-state index contributed by atoms with van der Waals surface area (Å²) in [4.78, 5) is 9.63. The van der Waals surface area contributed by atoms with Crippen molar-refractivity contribution in [3.8, 4) is 0 Å². The first kappa shape index (κ1) is 7.37. The zero-order valence-electron chi connectivity index (χ0n) is 4.87. The predicted octanol–water partition coefficient (Wildman–Crippen LogP) is 0.512. The molecule has 2 heteroatoms. The number of aldehydes is 1. The van der Waals surface area contributed by atoms with Gasteiger partial charge in [0.1, 0.15) is 6.29 Å². The van der Waals surface area contributed by atoms with Gasteiger partial charge in [-0.15, -0.1) is 0 Å². The van der Waals surface area contributed by atoms with Gasteiger partial charge in [-0.25, -0.2) is 0 Å². The summed E-state index contributed by atoms with van der Waals surface area (Å²) in [6.45, 7) is 1.85. The van der Waals surface area contributed by atoms with E-state index in [0.717, 1.165) is 0 Å². The van der Waals surface area contributed by atoms with Gasteiger partial charge in [0.05, 0.1) is 6.10 Å². The maximum absolute atomic E-state index is 9.63. The number of carbonyl (C=O) groups is 1. The molecule has 1 N–H and O–H groups in total. The lowest BCUT2D eigenvalue weighted by atomic mass is 10.3. The van der Waals surface area contributed by atoms with Gasteiger partial charge in [0.2, 0.25) is 0 Å². The molecule has 0 fully saturated rings. The van der Waals surface area contributed by atoms with Crippen molar-refractivity contribution in [1.29, 1.82) is 0 Å². The molecule has 0 aliphatic carbocycles. The minimum absolute atomic E-state index is 0.458. The highest BCUT2D eigenvalue weighted by Crippen LogP contribution is 1.88. The van der Waals surface area contributed by atoms with Crippen LogP contribution in [0.5, 0.6) is 0 Å². The number of hydrogen-bond acceptors (Lipinski definition) is 2. The van der Waals surface area contributed by atoms with Crippen LogP contribution in [-0.2, 0) is 4.79 Å². The maximum atomic E-state index is 9.63. The highest BCUT2D eigenvalue weighted by Gasteiger charge is 1.89. The van der Waals surface area contributed by atoms with Crippen molar-refractivity contribution in [2.45, 2.75) is 19.4 Å². The molecule has 0 aromatic heterocycles. The zero-order valence-corrected chi connectivity index (χ0v) is 4.87. The second kappa shape index (κ2) is 4.53. The lowest BCUT2D eigenvalue weighted by molar-refractivity contribution is -0.104. The Morgan fingerprint density at radius 1 is 1.75 bits per heavy atom. The van der Waals surface area contributed by atoms with Gasteiger partial charge in [0.15, 0.2) is 0 Å². The van der Waals surface area contributed by atoms with E-state index in [1.54, 1.807) is 0 Å². The van der Waals surface area contributed by atoms with Crippen LogP contribution in [0.4, 0.5) is 0 Å². The Bertz CT molecular complexity index is 86.5. The van der Waals surface area contributed by atoms with Crippen LogP contribution in [0, 0.1) is 0 Å². The third-order valence-corrected chi connectivity index (χ3v) is 0.830. The monoisotopic (exact) mass is 114 g/mol. The third-order valence-electron chi connectivity index (χ3n) is 0.830. The second-order valence-corrected chi connectivity index (χ2v) is 1.50. The fourth-order valence-corrected chi connectivity index (χ4v) is 0.310. The molecule has 0 saturated carbocycles. The number of rotatable bonds is 3. The molecular formula is C6H10O2. The van der Waals surface area contributed by atoms with Gasteiger partial charge in [0.25, 0.3) is 0 Å². The summed E-state index contributed by atoms with van der Waals surface area (Å²) >= 11 is 0. The fraction of sp³-hybridized carbons (Fsp3) is 0.500. The van der Waals surface area contributed by atoms with Crippen LogP contribution in [0.2, 0.25) is 0 Å². The van der Waals surface area contributed by atoms with Crippen LogP contribution in [0.3, 0.4) is 0 Å². The molecule has 1 atom stereocenters. The van der Waals surface area contributed by atoms with Gasteiger partial charge in [-0.1, -0.05) is 13.0 Å². The van der Waals surface area contributed by atoms with Gasteiger partial charge < -0.3 is 5.11 Å². The van der Waals surface area contributed by atoms with Crippen molar-refractivity contribution in [3.05, 3.63) is 12.2 Å². The highest BCUT2D eigenvalue weighted by molar-refractivity contribution is 5.64. The Labute approximate surface area is 48.8 Å². The van der Waals surface area contributed by atoms with E-state index < -0.39 is 6.10 Å². The predicted molar refractivity (Wildman–Crippen MR) is 31.5 cm³/mol. The second-order valence-electron chi connectivity index (χ2n) is 1.50. The number of aliphatic hydroxyl groups excluding tert-OH is 1. The first-order valence-electron chi connectivity index (χ1n) is 2.61. The lowest BCUT2D eigenvalue weighted by Crippen LogP contribution is -1.97. The standard InChI is InChI=1S/C6H10O2/c1-2-6(8)4-3-5-7/h3-6,8H,2H2,1H3/b4-3+. The number of carbonyl (C=O) groups excluding carboxylic acids is 1. The molecule has 0 aliphatic heterocycles. The van der Waals surface area contributed by atoms with Crippen molar-refractivity contribution >= 4 is 6.29 Å². The van der Waals surface area contributed by atoms with Crippen LogP contribution < -0.4 is 0 Å². The largest absolute Gasteiger partial charge is 0.389 e. The van der Waals surface area contributed by atoms with Crippen LogP contribution in [0.25, 0.3) is 0 Å². The van der Waals surface area contributed by atoms with Crippen molar-refractivity contribution in [2.75, 3.05) is 0 Å². The van der Waals surface area contributed by atoms with E-state index in [2.05, 4.69) is 0 Å². The van der Waals surface area contributed by atoms with Gasteiger partial charge in [0, 0.05) is 0 Å². The van der Waals surface area contributed by atoms with Crippen molar-refractivity contribution in [2.24, 2.45) is 0 Å². The lowest BCUT2D eigenvalue weighted by Gasteiger charge is -1.94. The summed E-state index contributed by atoms with van der Waals surface area (Å²) in [5.41, 5.74) is 0. The van der Waals surface area contributed by atoms with Gasteiger partial charge in [-0.05, 0) is 12.5 Å². The zero-order chi connectivity index (χ0) is 6.41. The Morgan fingerprint density at radius 2 is 2.38 bits per heavy atom. The van der Waals surface area contributed by atoms with Crippen molar-refractivity contribution in [1.82, 2.24) is 0 Å². The maximum Gasteiger partial charge on any atom is 0.142 e. The summed E-state index contributed by atoms with van der Waals surface area (Å²) in [6, 6.07) is 0. The summed E-state index contributed by atoms with van der Waals surface area (Å²) in [5.74, 6) is 0. The summed E-state index contributed by atoms with van der Waals surface area (Å²) in [5, 5.41) is 8.74. The molecule has 1 unspecified atom stereocenters. The molecule has 0 aromatic carbocycles. The average molecular weight is 114 g/mol. The molecular weight excluding hydrogens is 104 g/mol. The Balaban J connectivity index is 3.35. The molecule has 0 bridgehead atoms. The molecule has 0 heterocycles. The summed E-state index contributed by atoms with van der Waals surface area (Å²) in [7, 11) is 0. The fourth-order valence-electron chi connectivity index (χ4n) is 0.310. The quantitative estimate of drug-likeness (QED) is 0.429. The van der Waals surface area contributed by atoms with E-state index >= 15 is 0 Å². The minimum Gasteiger partial charge on any atom is -0.389 e. The first-order valence-corrected chi connectivity index (χ1v) is 2.61. The van der Waals surface area contributed by atoms with Crippen LogP contribution in [0.1, 0.15) is 13.3 Å². The molecule has 0 aromatic rings. The number of aliphatic hydroxyl groups is 1. The molecule has 0 aliphatic rings. The van der Waals surface area contributed by atoms with Gasteiger partial charge >= 0.3 is 0 Å². The SMILES string of the molecule is CCC(O)/C=C/C=O. The average Bonchev–Trinajstić information content (AvgIpc) is 1.83. The molecule has 0 radical (unpaired) electrons. The topological polar surface area (TPSA) is 37.3 Å². The van der Waals surface area contributed by atoms with Gasteiger partial charge in [-0.3, -0.25) is 4.79 Å². The first-order chi connectivity index (χ1) is 3.81. The van der Waals surface area contributed by atoms with E-state index in [-0.39, 0.29) is 0 Å². The highest BCUT2D eigenvalue weighted by atomic mass is 16.3. The van der Waals surface area contributed by atoms with Gasteiger partial charge in [-0.2, -0.15) is 0 Å². The molecule has 0 amide bonds. The molecule has 8 heavy (non-hydrogen) atoms. The van der Waals surface area contributed by atoms with E-state index in [9.17, 15) is 4.79 Å². The smallest absolute Gasteiger partial charge is 0.142 e. The Kier molecular flexibility index (Phi) is 4.17. The number of hydrogen-bond donors (Lipinski definition) is 1. The third kappa shape index (κ3) is 3.56. The summed E-state index contributed by atoms with van der Waals surface area (Å²) < 4.78 is 0. The molecule has 0 rings (SSSR count). The number of allylic oxidation sites excluding steroid dienone is 1. The van der Waals surface area contributed by atoms with E-state index in [0.29, 0.717) is 12.7 Å². The minimum atomic E-state index is -0.458. The van der Waals surface area contributed by atoms with E-state index in [1.165, 1.54) is 12.2 Å². The van der Waals surface area contributed by atoms with Crippen molar-refractivity contribution < 1.29 is 9.90 Å². The molecule has 0 spiro atoms.